The summed E-state index contributed by atoms with van der Waals surface area (Å²) in [5, 5.41) is 0. The highest BCUT2D eigenvalue weighted by Gasteiger charge is 2.50. The van der Waals surface area contributed by atoms with Crippen molar-refractivity contribution in [2.45, 2.75) is 25.8 Å². The molecule has 1 nitrogen and oxygen atoms in total. The molecule has 0 aromatic carbocycles. The Balaban J connectivity index is 2.18. The molecular weight excluding hydrogens is 141 g/mol. The third-order valence-corrected chi connectivity index (χ3v) is 3.50. The molecule has 11 heavy (non-hydrogen) atoms. The molecule has 0 spiro atoms. The van der Waals surface area contributed by atoms with Gasteiger partial charge in [-0.25, -0.2) is 0 Å². The van der Waals surface area contributed by atoms with E-state index in [-0.39, 0.29) is 12.1 Å². The number of rotatable bonds is 1. The number of hydrogen-bond donors (Lipinski definition) is 0. The lowest BCUT2D eigenvalue weighted by molar-refractivity contribution is 0.0806. The topological polar surface area (TPSA) is 3.24 Å². The average molecular weight is 157 g/mol. The fourth-order valence-corrected chi connectivity index (χ4v) is 3.01. The molecule has 1 saturated heterocycles. The second-order valence-electron chi connectivity index (χ2n) is 4.55. The van der Waals surface area contributed by atoms with Crippen LogP contribution in [0.1, 0.15) is 19.8 Å². The first-order valence-electron chi connectivity index (χ1n) is 4.42. The normalized spacial score (nSPS) is 50.5. The summed E-state index contributed by atoms with van der Waals surface area (Å²) in [6.45, 7) is 3.14. The van der Waals surface area contributed by atoms with Crippen molar-refractivity contribution in [3.05, 3.63) is 0 Å². The number of halogens is 1. The molecule has 2 aliphatic rings. The molecule has 1 aliphatic heterocycles. The van der Waals surface area contributed by atoms with E-state index in [1.165, 1.54) is 13.0 Å². The smallest absolute Gasteiger partial charge is 0.0963 e. The summed E-state index contributed by atoms with van der Waals surface area (Å²) >= 11 is 0. The van der Waals surface area contributed by atoms with Gasteiger partial charge in [0.05, 0.1) is 6.67 Å². The van der Waals surface area contributed by atoms with Crippen LogP contribution in [0.2, 0.25) is 0 Å². The van der Waals surface area contributed by atoms with E-state index in [1.54, 1.807) is 0 Å². The predicted octanol–water partition coefficient (Wildman–Crippen LogP) is 1.69. The molecule has 2 fully saturated rings. The molecular formula is C9H16FN. The van der Waals surface area contributed by atoms with Crippen molar-refractivity contribution in [3.8, 4) is 0 Å². The molecule has 2 rings (SSSR count). The number of nitrogens with zero attached hydrogens (tertiary/aromatic N) is 1. The van der Waals surface area contributed by atoms with Crippen LogP contribution < -0.4 is 0 Å². The van der Waals surface area contributed by atoms with Crippen molar-refractivity contribution in [2.24, 2.45) is 11.3 Å². The van der Waals surface area contributed by atoms with Gasteiger partial charge in [0.25, 0.3) is 0 Å². The van der Waals surface area contributed by atoms with E-state index in [0.717, 1.165) is 12.3 Å². The molecule has 1 heterocycles. The van der Waals surface area contributed by atoms with Gasteiger partial charge in [0.1, 0.15) is 0 Å². The van der Waals surface area contributed by atoms with Crippen molar-refractivity contribution in [1.29, 1.82) is 0 Å². The van der Waals surface area contributed by atoms with Crippen LogP contribution in [0.5, 0.6) is 0 Å². The van der Waals surface area contributed by atoms with Crippen molar-refractivity contribution >= 4 is 0 Å². The Labute approximate surface area is 67.6 Å². The minimum absolute atomic E-state index is 0.0162. The van der Waals surface area contributed by atoms with E-state index in [9.17, 15) is 4.39 Å². The number of piperidine rings is 1. The monoisotopic (exact) mass is 157 g/mol. The lowest BCUT2D eigenvalue weighted by Crippen LogP contribution is -2.43. The summed E-state index contributed by atoms with van der Waals surface area (Å²) in [7, 11) is 2.12. The van der Waals surface area contributed by atoms with Gasteiger partial charge in [-0.3, -0.25) is 4.39 Å². The second kappa shape index (κ2) is 2.19. The van der Waals surface area contributed by atoms with Gasteiger partial charge in [-0.15, -0.1) is 0 Å². The van der Waals surface area contributed by atoms with E-state index in [2.05, 4.69) is 18.9 Å². The summed E-state index contributed by atoms with van der Waals surface area (Å²) in [6.07, 6.45) is 2.34. The fourth-order valence-electron chi connectivity index (χ4n) is 3.01. The van der Waals surface area contributed by atoms with Gasteiger partial charge < -0.3 is 4.90 Å². The molecule has 64 valence electrons. The van der Waals surface area contributed by atoms with Crippen LogP contribution in [0.3, 0.4) is 0 Å². The molecule has 1 aliphatic carbocycles. The van der Waals surface area contributed by atoms with Gasteiger partial charge in [-0.1, -0.05) is 6.92 Å². The first kappa shape index (κ1) is 7.53. The maximum absolute atomic E-state index is 12.7. The quantitative estimate of drug-likeness (QED) is 0.560. The van der Waals surface area contributed by atoms with E-state index in [1.807, 2.05) is 0 Å². The van der Waals surface area contributed by atoms with E-state index >= 15 is 0 Å². The second-order valence-corrected chi connectivity index (χ2v) is 4.55. The molecule has 2 heteroatoms. The Morgan fingerprint density at radius 1 is 1.64 bits per heavy atom. The molecule has 0 aromatic heterocycles. The van der Waals surface area contributed by atoms with Gasteiger partial charge in [0, 0.05) is 18.0 Å². The highest BCUT2D eigenvalue weighted by Crippen LogP contribution is 2.49. The Morgan fingerprint density at radius 3 is 2.73 bits per heavy atom. The van der Waals surface area contributed by atoms with E-state index in [0.29, 0.717) is 6.04 Å². The Hall–Kier alpha value is -0.110. The lowest BCUT2D eigenvalue weighted by Gasteiger charge is -2.37. The van der Waals surface area contributed by atoms with Crippen LogP contribution in [0.4, 0.5) is 4.39 Å². The van der Waals surface area contributed by atoms with Gasteiger partial charge in [-0.05, 0) is 25.8 Å². The Morgan fingerprint density at radius 2 is 2.36 bits per heavy atom. The van der Waals surface area contributed by atoms with Crippen molar-refractivity contribution in [1.82, 2.24) is 4.90 Å². The van der Waals surface area contributed by atoms with E-state index in [4.69, 9.17) is 0 Å². The standard InChI is InChI=1S/C9H16FN/c1-9(6-10)4-7-3-8(9)11(2)5-7/h7-8H,3-6H2,1-2H3. The first-order valence-corrected chi connectivity index (χ1v) is 4.42. The summed E-state index contributed by atoms with van der Waals surface area (Å²) < 4.78 is 12.7. The zero-order chi connectivity index (χ0) is 8.06. The Bertz CT molecular complexity index is 171. The van der Waals surface area contributed by atoms with E-state index < -0.39 is 0 Å². The number of likely N-dealkylation sites (tertiary alicyclic amines) is 1. The van der Waals surface area contributed by atoms with Crippen LogP contribution >= 0.6 is 0 Å². The van der Waals surface area contributed by atoms with Gasteiger partial charge >= 0.3 is 0 Å². The van der Waals surface area contributed by atoms with Crippen molar-refractivity contribution < 1.29 is 4.39 Å². The number of hydrogen-bond acceptors (Lipinski definition) is 1. The number of alkyl halides is 1. The zero-order valence-electron chi connectivity index (χ0n) is 7.31. The maximum atomic E-state index is 12.7. The minimum atomic E-state index is -0.140. The van der Waals surface area contributed by atoms with Gasteiger partial charge in [-0.2, -0.15) is 0 Å². The summed E-state index contributed by atoms with van der Waals surface area (Å²) in [4.78, 5) is 2.33. The van der Waals surface area contributed by atoms with Crippen LogP contribution in [0.25, 0.3) is 0 Å². The highest BCUT2D eigenvalue weighted by molar-refractivity contribution is 5.03. The summed E-state index contributed by atoms with van der Waals surface area (Å²) in [6, 6.07) is 0.525. The molecule has 0 aromatic rings. The molecule has 3 unspecified atom stereocenters. The Kier molecular flexibility index (Phi) is 1.50. The molecule has 1 saturated carbocycles. The van der Waals surface area contributed by atoms with Crippen LogP contribution in [0, 0.1) is 11.3 Å². The predicted molar refractivity (Wildman–Crippen MR) is 43.2 cm³/mol. The maximum Gasteiger partial charge on any atom is 0.0963 e. The molecule has 3 atom stereocenters. The van der Waals surface area contributed by atoms with Gasteiger partial charge in [0.2, 0.25) is 0 Å². The molecule has 0 N–H and O–H groups in total. The van der Waals surface area contributed by atoms with Crippen molar-refractivity contribution in [2.75, 3.05) is 20.3 Å². The fraction of sp³-hybridized carbons (Fsp3) is 1.00. The minimum Gasteiger partial charge on any atom is -0.302 e. The third kappa shape index (κ3) is 0.919. The lowest BCUT2D eigenvalue weighted by atomic mass is 9.83. The first-order chi connectivity index (χ1) is 5.15. The third-order valence-electron chi connectivity index (χ3n) is 3.50. The van der Waals surface area contributed by atoms with Crippen LogP contribution in [-0.4, -0.2) is 31.2 Å². The SMILES string of the molecule is CN1CC2CC1C(C)(CF)C2. The summed E-state index contributed by atoms with van der Waals surface area (Å²) in [5.41, 5.74) is -0.0162. The van der Waals surface area contributed by atoms with Crippen LogP contribution in [-0.2, 0) is 0 Å². The highest BCUT2D eigenvalue weighted by atomic mass is 19.1. The molecule has 2 bridgehead atoms. The number of fused-ring (bicyclic) bond motifs is 2. The molecule has 0 radical (unpaired) electrons. The van der Waals surface area contributed by atoms with Crippen LogP contribution in [0.15, 0.2) is 0 Å². The van der Waals surface area contributed by atoms with Crippen molar-refractivity contribution in [3.63, 3.8) is 0 Å². The molecule has 0 amide bonds. The zero-order valence-corrected chi connectivity index (χ0v) is 7.31. The average Bonchev–Trinajstić information content (AvgIpc) is 2.44. The van der Waals surface area contributed by atoms with Gasteiger partial charge in [0.15, 0.2) is 0 Å². The summed E-state index contributed by atoms with van der Waals surface area (Å²) in [5.74, 6) is 0.783. The largest absolute Gasteiger partial charge is 0.302 e.